The summed E-state index contributed by atoms with van der Waals surface area (Å²) in [6.07, 6.45) is 4.28. The number of benzene rings is 1. The molecule has 0 aliphatic carbocycles. The molecule has 1 aliphatic rings. The van der Waals surface area contributed by atoms with Gasteiger partial charge in [0.1, 0.15) is 18.2 Å². The molecule has 2 heterocycles. The van der Waals surface area contributed by atoms with Crippen LogP contribution >= 0.6 is 0 Å². The van der Waals surface area contributed by atoms with Crippen molar-refractivity contribution in [2.75, 3.05) is 11.9 Å². The Morgan fingerprint density at radius 3 is 3.00 bits per heavy atom. The van der Waals surface area contributed by atoms with Crippen LogP contribution in [0.3, 0.4) is 0 Å². The van der Waals surface area contributed by atoms with Gasteiger partial charge in [-0.15, -0.1) is 0 Å². The molecule has 1 atom stereocenters. The summed E-state index contributed by atoms with van der Waals surface area (Å²) < 4.78 is 20.8. The fourth-order valence-corrected chi connectivity index (χ4v) is 2.93. The van der Waals surface area contributed by atoms with Gasteiger partial charge in [-0.2, -0.15) is 10.1 Å². The molecule has 25 heavy (non-hydrogen) atoms. The van der Waals surface area contributed by atoms with E-state index in [4.69, 9.17) is 4.74 Å². The minimum atomic E-state index is -0.576. The first-order chi connectivity index (χ1) is 12.1. The predicted octanol–water partition coefficient (Wildman–Crippen LogP) is 3.44. The third-order valence-corrected chi connectivity index (χ3v) is 4.16. The van der Waals surface area contributed by atoms with Crippen LogP contribution in [0.15, 0.2) is 41.9 Å². The third-order valence-electron chi connectivity index (χ3n) is 4.16. The Morgan fingerprint density at radius 1 is 1.40 bits per heavy atom. The van der Waals surface area contributed by atoms with E-state index in [0.717, 1.165) is 19.3 Å². The first kappa shape index (κ1) is 17.1. The maximum atomic E-state index is 13.7. The number of hydrogen-bond donors (Lipinski definition) is 1. The number of hydrogen-bond acceptors (Lipinski definition) is 5. The van der Waals surface area contributed by atoms with E-state index in [1.54, 1.807) is 23.7 Å². The van der Waals surface area contributed by atoms with Crippen LogP contribution in [0.4, 0.5) is 10.3 Å². The number of carbonyl (C=O) groups is 1. The molecular weight excluding hydrogens is 323 g/mol. The van der Waals surface area contributed by atoms with Crippen LogP contribution in [-0.4, -0.2) is 27.3 Å². The molecule has 0 saturated heterocycles. The van der Waals surface area contributed by atoms with E-state index in [1.165, 1.54) is 18.5 Å². The van der Waals surface area contributed by atoms with Crippen LogP contribution in [-0.2, 0) is 9.53 Å². The molecule has 1 N–H and O–H groups in total. The van der Waals surface area contributed by atoms with E-state index in [-0.39, 0.29) is 5.82 Å². The number of nitrogens with zero attached hydrogens (tertiary/aromatic N) is 3. The van der Waals surface area contributed by atoms with Gasteiger partial charge < -0.3 is 10.1 Å². The Kier molecular flexibility index (Phi) is 5.11. The van der Waals surface area contributed by atoms with Gasteiger partial charge >= 0.3 is 5.97 Å². The highest BCUT2D eigenvalue weighted by Gasteiger charge is 2.34. The van der Waals surface area contributed by atoms with Gasteiger partial charge in [-0.25, -0.2) is 13.9 Å². The van der Waals surface area contributed by atoms with Gasteiger partial charge in [0.05, 0.1) is 12.2 Å². The van der Waals surface area contributed by atoms with Crippen molar-refractivity contribution in [3.8, 4) is 0 Å². The summed E-state index contributed by atoms with van der Waals surface area (Å²) in [5.74, 6) is -0.281. The Morgan fingerprint density at radius 2 is 2.24 bits per heavy atom. The molecule has 2 aromatic rings. The second-order valence-electron chi connectivity index (χ2n) is 5.99. The van der Waals surface area contributed by atoms with Crippen LogP contribution in [0.2, 0.25) is 0 Å². The summed E-state index contributed by atoms with van der Waals surface area (Å²) in [6.45, 7) is 4.24. The number of fused-ring (bicyclic) bond motifs is 1. The van der Waals surface area contributed by atoms with Gasteiger partial charge in [0.2, 0.25) is 5.95 Å². The average molecular weight is 344 g/mol. The number of halogens is 1. The number of aromatic nitrogens is 3. The van der Waals surface area contributed by atoms with Gasteiger partial charge in [0.15, 0.2) is 0 Å². The number of ether oxygens (including phenoxy) is 1. The van der Waals surface area contributed by atoms with Crippen molar-refractivity contribution in [3.63, 3.8) is 0 Å². The number of rotatable bonds is 6. The number of esters is 1. The van der Waals surface area contributed by atoms with Gasteiger partial charge in [-0.3, -0.25) is 0 Å². The maximum absolute atomic E-state index is 13.7. The number of unbranched alkanes of at least 4 members (excludes halogenated alkanes) is 2. The zero-order valence-corrected chi connectivity index (χ0v) is 14.3. The molecule has 1 unspecified atom stereocenters. The minimum Gasteiger partial charge on any atom is -0.462 e. The lowest BCUT2D eigenvalue weighted by molar-refractivity contribution is -0.139. The molecule has 0 amide bonds. The second-order valence-corrected chi connectivity index (χ2v) is 5.99. The van der Waals surface area contributed by atoms with E-state index >= 15 is 0 Å². The molecule has 6 nitrogen and oxygen atoms in total. The molecule has 0 fully saturated rings. The van der Waals surface area contributed by atoms with Gasteiger partial charge in [-0.1, -0.05) is 31.9 Å². The number of allylic oxidation sites excluding steroid dienone is 1. The quantitative estimate of drug-likeness (QED) is 0.642. The molecule has 132 valence electrons. The fourth-order valence-electron chi connectivity index (χ4n) is 2.93. The highest BCUT2D eigenvalue weighted by Crippen LogP contribution is 2.35. The Labute approximate surface area is 145 Å². The minimum absolute atomic E-state index is 0.365. The van der Waals surface area contributed by atoms with Crippen LogP contribution in [0, 0.1) is 5.82 Å². The summed E-state index contributed by atoms with van der Waals surface area (Å²) in [6, 6.07) is 5.57. The maximum Gasteiger partial charge on any atom is 0.338 e. The largest absolute Gasteiger partial charge is 0.462 e. The highest BCUT2D eigenvalue weighted by atomic mass is 19.1. The molecule has 3 rings (SSSR count). The number of anilines is 1. The van der Waals surface area contributed by atoms with Crippen molar-refractivity contribution in [2.45, 2.75) is 39.2 Å². The monoisotopic (exact) mass is 344 g/mol. The van der Waals surface area contributed by atoms with Crippen molar-refractivity contribution in [2.24, 2.45) is 0 Å². The van der Waals surface area contributed by atoms with Crippen molar-refractivity contribution in [3.05, 3.63) is 53.2 Å². The molecule has 1 aliphatic heterocycles. The Hall–Kier alpha value is -2.70. The fraction of sp³-hybridized carbons (Fsp3) is 0.389. The molecule has 0 bridgehead atoms. The topological polar surface area (TPSA) is 69.0 Å². The summed E-state index contributed by atoms with van der Waals surface area (Å²) in [5, 5.41) is 7.26. The first-order valence-corrected chi connectivity index (χ1v) is 8.41. The SMILES string of the molecule is CCCCCOC(=O)C1=C(C)Nc2ncnn2C1c1cccc(F)c1. The molecule has 1 aromatic heterocycles. The van der Waals surface area contributed by atoms with Crippen LogP contribution in [0.5, 0.6) is 0 Å². The van der Waals surface area contributed by atoms with E-state index in [1.807, 2.05) is 0 Å². The average Bonchev–Trinajstić information content (AvgIpc) is 3.05. The van der Waals surface area contributed by atoms with Gasteiger partial charge in [0.25, 0.3) is 0 Å². The van der Waals surface area contributed by atoms with Gasteiger partial charge in [-0.05, 0) is 31.0 Å². The van der Waals surface area contributed by atoms with Crippen LogP contribution in [0.25, 0.3) is 0 Å². The summed E-state index contributed by atoms with van der Waals surface area (Å²) in [4.78, 5) is 16.8. The molecule has 7 heteroatoms. The smallest absolute Gasteiger partial charge is 0.338 e. The van der Waals surface area contributed by atoms with E-state index < -0.39 is 12.0 Å². The molecule has 0 spiro atoms. The van der Waals surface area contributed by atoms with Crippen LogP contribution < -0.4 is 5.32 Å². The first-order valence-electron chi connectivity index (χ1n) is 8.41. The number of carbonyl (C=O) groups excluding carboxylic acids is 1. The summed E-state index contributed by atoms with van der Waals surface area (Å²) >= 11 is 0. The molecule has 0 radical (unpaired) electrons. The second kappa shape index (κ2) is 7.46. The van der Waals surface area contributed by atoms with Crippen molar-refractivity contribution >= 4 is 11.9 Å². The van der Waals surface area contributed by atoms with E-state index in [0.29, 0.717) is 29.4 Å². The molecule has 0 saturated carbocycles. The Bertz CT molecular complexity index is 800. The summed E-state index contributed by atoms with van der Waals surface area (Å²) in [7, 11) is 0. The highest BCUT2D eigenvalue weighted by molar-refractivity contribution is 5.92. The predicted molar refractivity (Wildman–Crippen MR) is 91.4 cm³/mol. The zero-order chi connectivity index (χ0) is 17.8. The lowest BCUT2D eigenvalue weighted by Crippen LogP contribution is -2.29. The van der Waals surface area contributed by atoms with Crippen molar-refractivity contribution in [1.82, 2.24) is 14.8 Å². The zero-order valence-electron chi connectivity index (χ0n) is 14.3. The standard InChI is InChI=1S/C18H21FN4O2/c1-3-4-5-9-25-17(24)15-12(2)22-18-20-11-21-23(18)16(15)13-7-6-8-14(19)10-13/h6-8,10-11,16H,3-5,9H2,1-2H3,(H,20,21,22). The molecular formula is C18H21FN4O2. The Balaban J connectivity index is 1.94. The third kappa shape index (κ3) is 3.55. The lowest BCUT2D eigenvalue weighted by atomic mass is 9.96. The van der Waals surface area contributed by atoms with Crippen molar-refractivity contribution in [1.29, 1.82) is 0 Å². The lowest BCUT2D eigenvalue weighted by Gasteiger charge is -2.28. The van der Waals surface area contributed by atoms with Crippen LogP contribution in [0.1, 0.15) is 44.7 Å². The van der Waals surface area contributed by atoms with E-state index in [9.17, 15) is 9.18 Å². The number of nitrogens with one attached hydrogen (secondary N) is 1. The normalized spacial score (nSPS) is 16.4. The van der Waals surface area contributed by atoms with Gasteiger partial charge in [0, 0.05) is 5.70 Å². The van der Waals surface area contributed by atoms with Crippen molar-refractivity contribution < 1.29 is 13.9 Å². The van der Waals surface area contributed by atoms with E-state index in [2.05, 4.69) is 22.3 Å². The summed E-state index contributed by atoms with van der Waals surface area (Å²) in [5.41, 5.74) is 1.67. The molecule has 1 aromatic carbocycles.